The van der Waals surface area contributed by atoms with Crippen molar-refractivity contribution in [3.05, 3.63) is 109 Å². The molecular formula is C24H20BN. The molecule has 0 saturated heterocycles. The Morgan fingerprint density at radius 2 is 0.962 bits per heavy atom. The molecule has 0 unspecified atom stereocenters. The molecule has 0 aliphatic carbocycles. The molecule has 4 rings (SSSR count). The van der Waals surface area contributed by atoms with Crippen LogP contribution in [0.4, 0.5) is 17.1 Å². The summed E-state index contributed by atoms with van der Waals surface area (Å²) in [6.45, 7) is 0. The van der Waals surface area contributed by atoms with Gasteiger partial charge in [-0.15, -0.1) is 0 Å². The van der Waals surface area contributed by atoms with Crippen molar-refractivity contribution in [3.63, 3.8) is 0 Å². The zero-order chi connectivity index (χ0) is 17.8. The van der Waals surface area contributed by atoms with Crippen molar-refractivity contribution in [1.82, 2.24) is 0 Å². The van der Waals surface area contributed by atoms with E-state index in [2.05, 4.69) is 122 Å². The third kappa shape index (κ3) is 3.40. The van der Waals surface area contributed by atoms with Crippen LogP contribution in [0, 0.1) is 0 Å². The Balaban J connectivity index is 1.83. The molecule has 4 aromatic carbocycles. The van der Waals surface area contributed by atoms with Crippen molar-refractivity contribution in [2.75, 3.05) is 4.90 Å². The highest BCUT2D eigenvalue weighted by Gasteiger charge is 2.12. The minimum atomic E-state index is 1.15. The Bertz CT molecular complexity index is 957. The molecule has 0 aliphatic heterocycles. The summed E-state index contributed by atoms with van der Waals surface area (Å²) in [6, 6.07) is 38.4. The summed E-state index contributed by atoms with van der Waals surface area (Å²) in [5.74, 6) is 0. The lowest BCUT2D eigenvalue weighted by molar-refractivity contribution is 1.28. The minimum Gasteiger partial charge on any atom is -0.310 e. The van der Waals surface area contributed by atoms with Crippen molar-refractivity contribution in [2.24, 2.45) is 0 Å². The van der Waals surface area contributed by atoms with Gasteiger partial charge in [-0.2, -0.15) is 0 Å². The van der Waals surface area contributed by atoms with Gasteiger partial charge in [0, 0.05) is 17.1 Å². The molecule has 0 saturated carbocycles. The Kier molecular flexibility index (Phi) is 4.57. The van der Waals surface area contributed by atoms with Gasteiger partial charge >= 0.3 is 0 Å². The maximum atomic E-state index is 2.29. The first-order valence-electron chi connectivity index (χ1n) is 8.88. The highest BCUT2D eigenvalue weighted by Crippen LogP contribution is 2.35. The predicted octanol–water partition coefficient (Wildman–Crippen LogP) is 5.08. The SMILES string of the molecule is Bc1cccc(-c2cccc(N(c3ccccc3)c3ccccc3)c2)c1. The van der Waals surface area contributed by atoms with Crippen LogP contribution in [0.1, 0.15) is 0 Å². The molecule has 4 aromatic rings. The highest BCUT2D eigenvalue weighted by molar-refractivity contribution is 6.32. The van der Waals surface area contributed by atoms with Crippen LogP contribution in [0.3, 0.4) is 0 Å². The van der Waals surface area contributed by atoms with E-state index in [4.69, 9.17) is 0 Å². The maximum Gasteiger partial charge on any atom is 0.139 e. The summed E-state index contributed by atoms with van der Waals surface area (Å²) >= 11 is 0. The Morgan fingerprint density at radius 3 is 1.54 bits per heavy atom. The first kappa shape index (κ1) is 16.2. The number of hydrogen-bond donors (Lipinski definition) is 0. The number of hydrogen-bond acceptors (Lipinski definition) is 1. The fourth-order valence-corrected chi connectivity index (χ4v) is 3.25. The number of para-hydroxylation sites is 2. The van der Waals surface area contributed by atoms with Gasteiger partial charge in [-0.1, -0.05) is 78.3 Å². The molecule has 0 heterocycles. The fraction of sp³-hybridized carbons (Fsp3) is 0. The zero-order valence-electron chi connectivity index (χ0n) is 14.8. The second-order valence-electron chi connectivity index (χ2n) is 6.43. The average molecular weight is 333 g/mol. The molecular weight excluding hydrogens is 313 g/mol. The van der Waals surface area contributed by atoms with Gasteiger partial charge in [0.25, 0.3) is 0 Å². The van der Waals surface area contributed by atoms with Crippen LogP contribution in [0.25, 0.3) is 11.1 Å². The molecule has 0 bridgehead atoms. The highest BCUT2D eigenvalue weighted by atomic mass is 15.1. The molecule has 0 spiro atoms. The smallest absolute Gasteiger partial charge is 0.139 e. The van der Waals surface area contributed by atoms with Gasteiger partial charge in [-0.25, -0.2) is 0 Å². The van der Waals surface area contributed by atoms with E-state index in [0.29, 0.717) is 0 Å². The van der Waals surface area contributed by atoms with E-state index in [1.165, 1.54) is 16.6 Å². The van der Waals surface area contributed by atoms with E-state index < -0.39 is 0 Å². The molecule has 0 fully saturated rings. The van der Waals surface area contributed by atoms with E-state index in [1.54, 1.807) is 0 Å². The minimum absolute atomic E-state index is 1.15. The monoisotopic (exact) mass is 333 g/mol. The summed E-state index contributed by atoms with van der Waals surface area (Å²) in [5, 5.41) is 0. The van der Waals surface area contributed by atoms with Gasteiger partial charge in [0.1, 0.15) is 7.85 Å². The van der Waals surface area contributed by atoms with Crippen molar-refractivity contribution >= 4 is 30.4 Å². The summed E-state index contributed by atoms with van der Waals surface area (Å²) < 4.78 is 0. The molecule has 1 nitrogen and oxygen atoms in total. The molecule has 26 heavy (non-hydrogen) atoms. The largest absolute Gasteiger partial charge is 0.310 e. The van der Waals surface area contributed by atoms with Gasteiger partial charge < -0.3 is 4.90 Å². The molecule has 2 heteroatoms. The van der Waals surface area contributed by atoms with Crippen LogP contribution in [0.2, 0.25) is 0 Å². The third-order valence-corrected chi connectivity index (χ3v) is 4.48. The molecule has 0 N–H and O–H groups in total. The van der Waals surface area contributed by atoms with E-state index in [0.717, 1.165) is 17.1 Å². The van der Waals surface area contributed by atoms with E-state index in [1.807, 2.05) is 0 Å². The normalized spacial score (nSPS) is 10.5. The van der Waals surface area contributed by atoms with E-state index in [9.17, 15) is 0 Å². The summed E-state index contributed by atoms with van der Waals surface area (Å²) in [5.41, 5.74) is 7.20. The van der Waals surface area contributed by atoms with Crippen LogP contribution >= 0.6 is 0 Å². The lowest BCUT2D eigenvalue weighted by Crippen LogP contribution is -2.09. The molecule has 124 valence electrons. The third-order valence-electron chi connectivity index (χ3n) is 4.48. The summed E-state index contributed by atoms with van der Waals surface area (Å²) in [4.78, 5) is 2.29. The first-order valence-corrected chi connectivity index (χ1v) is 8.88. The van der Waals surface area contributed by atoms with E-state index in [-0.39, 0.29) is 0 Å². The van der Waals surface area contributed by atoms with Gasteiger partial charge in [0.15, 0.2) is 0 Å². The maximum absolute atomic E-state index is 2.29. The van der Waals surface area contributed by atoms with E-state index >= 15 is 0 Å². The van der Waals surface area contributed by atoms with Crippen molar-refractivity contribution in [2.45, 2.75) is 0 Å². The number of rotatable bonds is 4. The Morgan fingerprint density at radius 1 is 0.462 bits per heavy atom. The average Bonchev–Trinajstić information content (AvgIpc) is 2.70. The second kappa shape index (κ2) is 7.32. The fourth-order valence-electron chi connectivity index (χ4n) is 3.25. The van der Waals surface area contributed by atoms with Crippen molar-refractivity contribution in [1.29, 1.82) is 0 Å². The van der Waals surface area contributed by atoms with Crippen LogP contribution < -0.4 is 10.4 Å². The first-order chi connectivity index (χ1) is 12.8. The molecule has 0 atom stereocenters. The lowest BCUT2D eigenvalue weighted by Gasteiger charge is -2.26. The number of anilines is 3. The standard InChI is InChI=1S/C24H20BN/c25-21-11-7-9-19(17-21)20-10-8-16-24(18-20)26(22-12-3-1-4-13-22)23-14-5-2-6-15-23/h1-18H,25H2. The number of nitrogens with zero attached hydrogens (tertiary/aromatic N) is 1. The lowest BCUT2D eigenvalue weighted by atomic mass is 9.92. The van der Waals surface area contributed by atoms with Gasteiger partial charge in [-0.3, -0.25) is 0 Å². The Hall–Kier alpha value is -3.26. The molecule has 0 radical (unpaired) electrons. The van der Waals surface area contributed by atoms with Crippen LogP contribution in [0.15, 0.2) is 109 Å². The van der Waals surface area contributed by atoms with Gasteiger partial charge in [0.05, 0.1) is 0 Å². The zero-order valence-corrected chi connectivity index (χ0v) is 14.8. The quantitative estimate of drug-likeness (QED) is 0.471. The van der Waals surface area contributed by atoms with Crippen LogP contribution in [-0.4, -0.2) is 7.85 Å². The Labute approximate surface area is 156 Å². The number of benzene rings is 4. The van der Waals surface area contributed by atoms with Gasteiger partial charge in [-0.05, 0) is 47.5 Å². The van der Waals surface area contributed by atoms with Crippen LogP contribution in [-0.2, 0) is 0 Å². The van der Waals surface area contributed by atoms with Crippen LogP contribution in [0.5, 0.6) is 0 Å². The predicted molar refractivity (Wildman–Crippen MR) is 115 cm³/mol. The second-order valence-corrected chi connectivity index (χ2v) is 6.43. The van der Waals surface area contributed by atoms with Crippen molar-refractivity contribution in [3.8, 4) is 11.1 Å². The molecule has 0 aromatic heterocycles. The summed E-state index contributed by atoms with van der Waals surface area (Å²) in [7, 11) is 2.13. The molecule has 0 aliphatic rings. The topological polar surface area (TPSA) is 3.24 Å². The summed E-state index contributed by atoms with van der Waals surface area (Å²) in [6.07, 6.45) is 0. The van der Waals surface area contributed by atoms with Crippen molar-refractivity contribution < 1.29 is 0 Å². The van der Waals surface area contributed by atoms with Gasteiger partial charge in [0.2, 0.25) is 0 Å². The molecule has 0 amide bonds.